The number of carbonyl (C=O) groups excluding carboxylic acids is 2. The Bertz CT molecular complexity index is 2630. The minimum atomic E-state index is -2.60. The Labute approximate surface area is 437 Å². The van der Waals surface area contributed by atoms with Gasteiger partial charge in [-0.3, -0.25) is 14.6 Å². The highest BCUT2D eigenvalue weighted by Gasteiger charge is 2.53. The number of fused-ring (bicyclic) bond motifs is 2. The third-order valence-electron chi connectivity index (χ3n) is 17.4. The van der Waals surface area contributed by atoms with Crippen molar-refractivity contribution < 1.29 is 28.2 Å². The van der Waals surface area contributed by atoms with Gasteiger partial charge in [0.15, 0.2) is 0 Å². The number of hydrazine groups is 1. The summed E-state index contributed by atoms with van der Waals surface area (Å²) in [5.41, 5.74) is 9.28. The van der Waals surface area contributed by atoms with Gasteiger partial charge in [0.05, 0.1) is 24.6 Å². The van der Waals surface area contributed by atoms with Crippen LogP contribution in [0.5, 0.6) is 11.5 Å². The minimum Gasteiger partial charge on any atom is -0.508 e. The number of anilines is 2. The third kappa shape index (κ3) is 10.8. The van der Waals surface area contributed by atoms with Crippen molar-refractivity contribution in [2.24, 2.45) is 39.6 Å². The Morgan fingerprint density at radius 3 is 2.27 bits per heavy atom. The number of halogens is 2. The van der Waals surface area contributed by atoms with E-state index in [9.17, 15) is 18.4 Å². The molecule has 7 aliphatic rings. The molecule has 74 heavy (non-hydrogen) atoms. The van der Waals surface area contributed by atoms with Crippen molar-refractivity contribution in [1.82, 2.24) is 30.6 Å². The Morgan fingerprint density at radius 1 is 0.959 bits per heavy atom. The number of amides is 2. The summed E-state index contributed by atoms with van der Waals surface area (Å²) in [5.74, 6) is 3.21. The van der Waals surface area contributed by atoms with Crippen LogP contribution in [0.1, 0.15) is 120 Å². The second-order valence-electron chi connectivity index (χ2n) is 23.6. The zero-order chi connectivity index (χ0) is 52.8. The fraction of sp³-hybridized carbons (Fsp3) is 0.586. The average Bonchev–Trinajstić information content (AvgIpc) is 3.99. The van der Waals surface area contributed by atoms with Gasteiger partial charge in [-0.05, 0) is 132 Å². The van der Waals surface area contributed by atoms with Gasteiger partial charge in [-0.15, -0.1) is 0 Å². The van der Waals surface area contributed by atoms with Gasteiger partial charge in [0, 0.05) is 120 Å². The lowest BCUT2D eigenvalue weighted by molar-refractivity contribution is -0.131. The number of rotatable bonds is 9. The first kappa shape index (κ1) is 52.9. The third-order valence-corrected chi connectivity index (χ3v) is 17.4. The lowest BCUT2D eigenvalue weighted by Gasteiger charge is -2.57. The van der Waals surface area contributed by atoms with Crippen LogP contribution in [0.15, 0.2) is 65.9 Å². The van der Waals surface area contributed by atoms with E-state index in [1.165, 1.54) is 31.0 Å². The SMILES string of the molecule is CC(=O)N1CCC2C(C1)C(N1CCCc3cc(C4=CN(C)NC4)c(C(F)F)cc31)=NN2C1CCN(CC2C(C)CN(c3ccc(C(=O)NC4C(C)(C)CC4(C)C)cc3)CC2C)CC1.COc1cc(O)ccc1C#N. The standard InChI is InChI=1S/C50H71F2N9O2.C8H7NO2/c1-31-25-59(37-13-11-34(12-14-37)47(63)54-48-49(4,5)30-50(48,6)7)26-32(2)41(31)28-57-19-15-38(16-20-57)61-43-17-21-58(33(3)62)29-42(43)46(55-61)60-18-9-10-35-22-39(36-24-53-56(8)27-36)40(45(51)52)23-44(35)60;1-11-8-4-7(10)3-2-6(8)5-9/h11-14,22-23,27,31-32,38,41-43,45,48,53H,9-10,15-21,24-26,28-30H2,1-8H3,(H,54,63);2-4,10H,1H3. The van der Waals surface area contributed by atoms with Crippen LogP contribution in [0.2, 0.25) is 0 Å². The monoisotopic (exact) mass is 1020 g/mol. The van der Waals surface area contributed by atoms with E-state index in [2.05, 4.69) is 84.1 Å². The summed E-state index contributed by atoms with van der Waals surface area (Å²) in [4.78, 5) is 35.4. The normalized spacial score (nSPS) is 25.8. The summed E-state index contributed by atoms with van der Waals surface area (Å²) in [6, 6.07) is 18.9. The summed E-state index contributed by atoms with van der Waals surface area (Å²) in [6.45, 7) is 23.1. The average molecular weight is 1020 g/mol. The molecule has 0 radical (unpaired) electrons. The van der Waals surface area contributed by atoms with E-state index in [0.717, 1.165) is 106 Å². The molecule has 14 nitrogen and oxygen atoms in total. The number of amidine groups is 1. The molecule has 3 aromatic rings. The van der Waals surface area contributed by atoms with Crippen LogP contribution < -0.4 is 25.3 Å². The van der Waals surface area contributed by atoms with Crippen molar-refractivity contribution >= 4 is 34.6 Å². The number of hydrogen-bond acceptors (Lipinski definition) is 12. The van der Waals surface area contributed by atoms with Gasteiger partial charge in [0.2, 0.25) is 5.91 Å². The number of phenols is 1. The van der Waals surface area contributed by atoms with E-state index in [1.54, 1.807) is 13.0 Å². The zero-order valence-electron chi connectivity index (χ0n) is 45.0. The number of methoxy groups -OCH3 is 1. The largest absolute Gasteiger partial charge is 0.508 e. The maximum absolute atomic E-state index is 14.8. The fourth-order valence-electron chi connectivity index (χ4n) is 14.1. The van der Waals surface area contributed by atoms with Gasteiger partial charge in [-0.2, -0.15) is 10.4 Å². The second kappa shape index (κ2) is 21.4. The van der Waals surface area contributed by atoms with E-state index in [0.29, 0.717) is 60.3 Å². The van der Waals surface area contributed by atoms with Gasteiger partial charge >= 0.3 is 0 Å². The molecule has 4 atom stereocenters. The molecule has 4 fully saturated rings. The van der Waals surface area contributed by atoms with Gasteiger partial charge in [-0.1, -0.05) is 41.5 Å². The number of nitrogens with one attached hydrogen (secondary N) is 2. The number of hydrazone groups is 1. The number of benzene rings is 3. The molecule has 10 rings (SSSR count). The Balaban J connectivity index is 0.000000544. The van der Waals surface area contributed by atoms with Crippen molar-refractivity contribution in [3.63, 3.8) is 0 Å². The molecule has 398 valence electrons. The van der Waals surface area contributed by atoms with Crippen LogP contribution >= 0.6 is 0 Å². The van der Waals surface area contributed by atoms with E-state index in [-0.39, 0.29) is 52.0 Å². The maximum Gasteiger partial charge on any atom is 0.264 e. The number of aryl methyl sites for hydroxylation is 1. The highest BCUT2D eigenvalue weighted by Crippen LogP contribution is 2.53. The van der Waals surface area contributed by atoms with Crippen molar-refractivity contribution in [3.8, 4) is 17.6 Å². The van der Waals surface area contributed by atoms with Crippen LogP contribution in [0.3, 0.4) is 0 Å². The van der Waals surface area contributed by atoms with Crippen molar-refractivity contribution in [2.45, 2.75) is 112 Å². The molecule has 1 aliphatic carbocycles. The summed E-state index contributed by atoms with van der Waals surface area (Å²) < 4.78 is 34.4. The Hall–Kier alpha value is -5.92. The molecular weight excluding hydrogens is 939 g/mol. The number of nitriles is 1. The lowest BCUT2D eigenvalue weighted by atomic mass is 9.52. The maximum atomic E-state index is 14.8. The summed E-state index contributed by atoms with van der Waals surface area (Å²) in [5, 5.41) is 30.5. The van der Waals surface area contributed by atoms with E-state index >= 15 is 0 Å². The van der Waals surface area contributed by atoms with Gasteiger partial charge in [-0.25, -0.2) is 14.2 Å². The van der Waals surface area contributed by atoms with Gasteiger partial charge < -0.3 is 39.8 Å². The fourth-order valence-corrected chi connectivity index (χ4v) is 14.1. The molecule has 1 saturated carbocycles. The van der Waals surface area contributed by atoms with Crippen LogP contribution in [-0.4, -0.2) is 134 Å². The number of nitrogens with zero attached hydrogens (tertiary/aromatic N) is 8. The molecule has 4 unspecified atom stereocenters. The number of hydrogen-bond donors (Lipinski definition) is 3. The number of piperidine rings is 3. The van der Waals surface area contributed by atoms with Crippen LogP contribution in [0, 0.1) is 45.8 Å². The van der Waals surface area contributed by atoms with E-state index in [4.69, 9.17) is 20.2 Å². The summed E-state index contributed by atoms with van der Waals surface area (Å²) >= 11 is 0. The summed E-state index contributed by atoms with van der Waals surface area (Å²) in [6.07, 6.45) is 5.09. The van der Waals surface area contributed by atoms with Crippen molar-refractivity contribution in [2.75, 3.05) is 82.9 Å². The van der Waals surface area contributed by atoms with Crippen molar-refractivity contribution in [1.29, 1.82) is 5.26 Å². The number of likely N-dealkylation sites (tertiary alicyclic amines) is 2. The topological polar surface area (TPSA) is 143 Å². The number of aromatic hydroxyl groups is 1. The highest BCUT2D eigenvalue weighted by molar-refractivity contribution is 6.02. The molecule has 3 N–H and O–H groups in total. The number of alkyl halides is 2. The molecule has 6 heterocycles. The molecule has 0 aromatic heterocycles. The Kier molecular flexibility index (Phi) is 15.3. The molecule has 0 spiro atoms. The second-order valence-corrected chi connectivity index (χ2v) is 23.6. The summed E-state index contributed by atoms with van der Waals surface area (Å²) in [7, 11) is 3.34. The quantitative estimate of drug-likeness (QED) is 0.190. The first-order valence-corrected chi connectivity index (χ1v) is 26.9. The van der Waals surface area contributed by atoms with E-state index in [1.807, 2.05) is 47.4 Å². The molecule has 6 aliphatic heterocycles. The van der Waals surface area contributed by atoms with Gasteiger partial charge in [0.1, 0.15) is 23.4 Å². The van der Waals surface area contributed by atoms with Crippen LogP contribution in [0.25, 0.3) is 5.57 Å². The smallest absolute Gasteiger partial charge is 0.264 e. The predicted octanol–water partition coefficient (Wildman–Crippen LogP) is 8.73. The molecular formula is C58H78F2N10O4. The number of ether oxygens (including phenoxy) is 1. The van der Waals surface area contributed by atoms with Crippen LogP contribution in [0.4, 0.5) is 20.2 Å². The minimum absolute atomic E-state index is 0.0168. The molecule has 3 saturated heterocycles. The van der Waals surface area contributed by atoms with Crippen LogP contribution in [-0.2, 0) is 11.2 Å². The molecule has 3 aromatic carbocycles. The number of carbonyl (C=O) groups is 2. The molecule has 0 bridgehead atoms. The molecule has 16 heteroatoms. The highest BCUT2D eigenvalue weighted by atomic mass is 19.3. The zero-order valence-corrected chi connectivity index (χ0v) is 45.0. The number of phenolic OH excluding ortho intramolecular Hbond substituents is 1. The Morgan fingerprint density at radius 2 is 1.66 bits per heavy atom. The van der Waals surface area contributed by atoms with Gasteiger partial charge in [0.25, 0.3) is 12.3 Å². The lowest BCUT2D eigenvalue weighted by Crippen LogP contribution is -2.63. The predicted molar refractivity (Wildman–Crippen MR) is 287 cm³/mol. The first-order valence-electron chi connectivity index (χ1n) is 26.9. The molecule has 2 amide bonds. The first-order chi connectivity index (χ1) is 35.2. The van der Waals surface area contributed by atoms with Crippen molar-refractivity contribution in [3.05, 3.63) is 88.6 Å². The van der Waals surface area contributed by atoms with E-state index < -0.39 is 6.43 Å².